The predicted octanol–water partition coefficient (Wildman–Crippen LogP) is 5.67. The molecule has 0 aliphatic heterocycles. The molecular formula is C24H27NO3. The molecule has 1 aliphatic carbocycles. The zero-order valence-corrected chi connectivity index (χ0v) is 16.6. The summed E-state index contributed by atoms with van der Waals surface area (Å²) in [6.07, 6.45) is 7.07. The van der Waals surface area contributed by atoms with Crippen LogP contribution in [0.15, 0.2) is 42.6 Å². The zero-order chi connectivity index (χ0) is 19.7. The minimum atomic E-state index is -0.288. The second kappa shape index (κ2) is 7.78. The summed E-state index contributed by atoms with van der Waals surface area (Å²) in [5.74, 6) is 0.653. The molecule has 4 heteroatoms. The summed E-state index contributed by atoms with van der Waals surface area (Å²) in [4.78, 5) is 25.4. The molecule has 2 heterocycles. The molecule has 3 aromatic rings. The topological polar surface area (TPSA) is 47.8 Å². The number of esters is 1. The molecule has 0 spiro atoms. The van der Waals surface area contributed by atoms with E-state index in [-0.39, 0.29) is 17.7 Å². The van der Waals surface area contributed by atoms with Crippen LogP contribution >= 0.6 is 0 Å². The van der Waals surface area contributed by atoms with E-state index < -0.39 is 0 Å². The standard InChI is InChI=1S/C24H27NO3/c1-3-6-16(2)12-14-28-24(27)22-19-11-10-18(23(26)17-8-9-17)15-21(19)25-13-5-4-7-20(22)25/h4-5,7,10-11,13,15-17H,3,6,8-9,12,14H2,1-2H3. The van der Waals surface area contributed by atoms with Gasteiger partial charge in [0.25, 0.3) is 0 Å². The lowest BCUT2D eigenvalue weighted by molar-refractivity contribution is 0.0488. The van der Waals surface area contributed by atoms with Gasteiger partial charge in [0, 0.05) is 23.1 Å². The van der Waals surface area contributed by atoms with Gasteiger partial charge in [-0.2, -0.15) is 0 Å². The number of carbonyl (C=O) groups excluding carboxylic acids is 2. The highest BCUT2D eigenvalue weighted by Crippen LogP contribution is 2.34. The smallest absolute Gasteiger partial charge is 0.340 e. The first-order valence-corrected chi connectivity index (χ1v) is 10.3. The number of benzene rings is 1. The molecular weight excluding hydrogens is 350 g/mol. The molecule has 1 unspecified atom stereocenters. The van der Waals surface area contributed by atoms with E-state index in [1.54, 1.807) is 0 Å². The average molecular weight is 377 g/mol. The Labute approximate surface area is 165 Å². The van der Waals surface area contributed by atoms with E-state index in [1.807, 2.05) is 47.0 Å². The van der Waals surface area contributed by atoms with Gasteiger partial charge >= 0.3 is 5.97 Å². The lowest BCUT2D eigenvalue weighted by Gasteiger charge is -2.10. The molecule has 1 fully saturated rings. The fraction of sp³-hybridized carbons (Fsp3) is 0.417. The number of hydrogen-bond donors (Lipinski definition) is 0. The third-order valence-electron chi connectivity index (χ3n) is 5.70. The quantitative estimate of drug-likeness (QED) is 0.375. The van der Waals surface area contributed by atoms with Crippen LogP contribution in [0.2, 0.25) is 0 Å². The molecule has 2 aromatic heterocycles. The number of hydrogen-bond acceptors (Lipinski definition) is 3. The number of Topliss-reactive ketones (excluding diaryl/α,β-unsaturated/α-hetero) is 1. The third kappa shape index (κ3) is 3.56. The van der Waals surface area contributed by atoms with Gasteiger partial charge in [0.2, 0.25) is 0 Å². The fourth-order valence-corrected chi connectivity index (χ4v) is 3.95. The lowest BCUT2D eigenvalue weighted by atomic mass is 10.0. The maximum absolute atomic E-state index is 12.9. The van der Waals surface area contributed by atoms with Gasteiger partial charge in [0.05, 0.1) is 23.2 Å². The van der Waals surface area contributed by atoms with Crippen molar-refractivity contribution in [1.29, 1.82) is 0 Å². The Morgan fingerprint density at radius 3 is 2.71 bits per heavy atom. The van der Waals surface area contributed by atoms with Crippen molar-refractivity contribution in [2.75, 3.05) is 6.61 Å². The molecule has 1 saturated carbocycles. The van der Waals surface area contributed by atoms with Gasteiger partial charge in [-0.3, -0.25) is 4.79 Å². The molecule has 146 valence electrons. The van der Waals surface area contributed by atoms with Crippen molar-refractivity contribution >= 4 is 28.2 Å². The number of nitrogens with zero attached hydrogens (tertiary/aromatic N) is 1. The molecule has 0 bridgehead atoms. The van der Waals surface area contributed by atoms with Crippen molar-refractivity contribution in [2.45, 2.75) is 46.0 Å². The maximum Gasteiger partial charge on any atom is 0.340 e. The second-order valence-electron chi connectivity index (χ2n) is 8.02. The Kier molecular flexibility index (Phi) is 5.21. The van der Waals surface area contributed by atoms with Crippen LogP contribution in [0.3, 0.4) is 0 Å². The summed E-state index contributed by atoms with van der Waals surface area (Å²) in [6.45, 7) is 4.80. The molecule has 0 N–H and O–H groups in total. The molecule has 1 aromatic carbocycles. The average Bonchev–Trinajstić information content (AvgIpc) is 3.49. The number of rotatable bonds is 8. The Morgan fingerprint density at radius 2 is 1.96 bits per heavy atom. The SMILES string of the molecule is CCCC(C)CCOC(=O)c1c2ccc(C(=O)C3CC3)cc2n2ccccc12. The Morgan fingerprint density at radius 1 is 1.14 bits per heavy atom. The number of aromatic nitrogens is 1. The van der Waals surface area contributed by atoms with Crippen molar-refractivity contribution in [3.05, 3.63) is 53.7 Å². The van der Waals surface area contributed by atoms with Crippen LogP contribution in [0.5, 0.6) is 0 Å². The number of ketones is 1. The van der Waals surface area contributed by atoms with E-state index in [4.69, 9.17) is 4.74 Å². The second-order valence-corrected chi connectivity index (χ2v) is 8.02. The number of ether oxygens (including phenoxy) is 1. The summed E-state index contributed by atoms with van der Waals surface area (Å²) in [5, 5.41) is 0.838. The Hall–Kier alpha value is -2.62. The maximum atomic E-state index is 12.9. The van der Waals surface area contributed by atoms with Gasteiger partial charge in [-0.25, -0.2) is 4.79 Å². The summed E-state index contributed by atoms with van der Waals surface area (Å²) in [5.41, 5.74) is 3.02. The lowest BCUT2D eigenvalue weighted by Crippen LogP contribution is -2.09. The summed E-state index contributed by atoms with van der Waals surface area (Å²) in [6, 6.07) is 11.5. The number of carbonyl (C=O) groups is 2. The molecule has 4 rings (SSSR count). The monoisotopic (exact) mass is 377 g/mol. The highest BCUT2D eigenvalue weighted by atomic mass is 16.5. The van der Waals surface area contributed by atoms with Gasteiger partial charge in [-0.1, -0.05) is 44.9 Å². The van der Waals surface area contributed by atoms with E-state index in [2.05, 4.69) is 13.8 Å². The molecule has 1 atom stereocenters. The van der Waals surface area contributed by atoms with E-state index in [0.29, 0.717) is 18.1 Å². The molecule has 0 saturated heterocycles. The van der Waals surface area contributed by atoms with Crippen LogP contribution in [0.1, 0.15) is 66.7 Å². The van der Waals surface area contributed by atoms with Gasteiger partial charge < -0.3 is 9.14 Å². The predicted molar refractivity (Wildman–Crippen MR) is 111 cm³/mol. The normalized spacial score (nSPS) is 15.1. The Bertz CT molecular complexity index is 1030. The molecule has 4 nitrogen and oxygen atoms in total. The van der Waals surface area contributed by atoms with Gasteiger partial charge in [0.1, 0.15) is 0 Å². The summed E-state index contributed by atoms with van der Waals surface area (Å²) >= 11 is 0. The van der Waals surface area contributed by atoms with E-state index in [1.165, 1.54) is 0 Å². The first-order valence-electron chi connectivity index (χ1n) is 10.3. The van der Waals surface area contributed by atoms with Crippen molar-refractivity contribution < 1.29 is 14.3 Å². The van der Waals surface area contributed by atoms with E-state index in [0.717, 1.165) is 54.1 Å². The van der Waals surface area contributed by atoms with Gasteiger partial charge in [-0.05, 0) is 43.4 Å². The van der Waals surface area contributed by atoms with Crippen LogP contribution < -0.4 is 0 Å². The van der Waals surface area contributed by atoms with Crippen LogP contribution in [0, 0.1) is 11.8 Å². The Balaban J connectivity index is 1.66. The minimum Gasteiger partial charge on any atom is -0.462 e. The fourth-order valence-electron chi connectivity index (χ4n) is 3.95. The summed E-state index contributed by atoms with van der Waals surface area (Å²) in [7, 11) is 0. The number of pyridine rings is 1. The highest BCUT2D eigenvalue weighted by Gasteiger charge is 2.31. The minimum absolute atomic E-state index is 0.179. The van der Waals surface area contributed by atoms with Crippen LogP contribution in [-0.4, -0.2) is 22.8 Å². The van der Waals surface area contributed by atoms with Crippen molar-refractivity contribution in [2.24, 2.45) is 11.8 Å². The third-order valence-corrected chi connectivity index (χ3v) is 5.70. The van der Waals surface area contributed by atoms with Crippen LogP contribution in [0.4, 0.5) is 0 Å². The van der Waals surface area contributed by atoms with Gasteiger partial charge in [0.15, 0.2) is 5.78 Å². The first-order chi connectivity index (χ1) is 13.6. The van der Waals surface area contributed by atoms with E-state index in [9.17, 15) is 9.59 Å². The number of fused-ring (bicyclic) bond motifs is 3. The molecule has 1 aliphatic rings. The molecule has 0 radical (unpaired) electrons. The van der Waals surface area contributed by atoms with Crippen LogP contribution in [0.25, 0.3) is 16.4 Å². The largest absolute Gasteiger partial charge is 0.462 e. The molecule has 28 heavy (non-hydrogen) atoms. The van der Waals surface area contributed by atoms with Crippen LogP contribution in [-0.2, 0) is 4.74 Å². The first kappa shape index (κ1) is 18.7. The summed E-state index contributed by atoms with van der Waals surface area (Å²) < 4.78 is 7.61. The zero-order valence-electron chi connectivity index (χ0n) is 16.6. The van der Waals surface area contributed by atoms with Crippen molar-refractivity contribution in [3.8, 4) is 0 Å². The highest BCUT2D eigenvalue weighted by molar-refractivity contribution is 6.13. The van der Waals surface area contributed by atoms with Gasteiger partial charge in [-0.15, -0.1) is 0 Å². The van der Waals surface area contributed by atoms with Crippen molar-refractivity contribution in [3.63, 3.8) is 0 Å². The molecule has 0 amide bonds. The van der Waals surface area contributed by atoms with Crippen molar-refractivity contribution in [1.82, 2.24) is 4.40 Å². The van der Waals surface area contributed by atoms with E-state index >= 15 is 0 Å².